The molecule has 0 bridgehead atoms. The molecule has 0 unspecified atom stereocenters. The van der Waals surface area contributed by atoms with Gasteiger partial charge in [-0.3, -0.25) is 19.2 Å². The molecule has 9 heteroatoms. The van der Waals surface area contributed by atoms with E-state index in [9.17, 15) is 19.2 Å². The second-order valence-corrected chi connectivity index (χ2v) is 9.74. The van der Waals surface area contributed by atoms with E-state index >= 15 is 0 Å². The quantitative estimate of drug-likeness (QED) is 0.262. The zero-order valence-electron chi connectivity index (χ0n) is 19.8. The van der Waals surface area contributed by atoms with Crippen LogP contribution >= 0.6 is 11.6 Å². The van der Waals surface area contributed by atoms with E-state index in [1.807, 2.05) is 19.1 Å². The van der Waals surface area contributed by atoms with Crippen molar-refractivity contribution in [3.8, 4) is 11.5 Å². The second-order valence-electron chi connectivity index (χ2n) is 9.31. The highest BCUT2D eigenvalue weighted by molar-refractivity contribution is 6.31. The molecule has 8 nitrogen and oxygen atoms in total. The summed E-state index contributed by atoms with van der Waals surface area (Å²) >= 11 is 6.10. The van der Waals surface area contributed by atoms with E-state index in [-0.39, 0.29) is 54.2 Å². The summed E-state index contributed by atoms with van der Waals surface area (Å²) < 4.78 is 10.9. The minimum absolute atomic E-state index is 0.0211. The molecular formula is C27H25ClN2O6. The van der Waals surface area contributed by atoms with Crippen LogP contribution in [0.4, 0.5) is 11.4 Å². The van der Waals surface area contributed by atoms with Crippen LogP contribution in [-0.2, 0) is 19.2 Å². The fourth-order valence-corrected chi connectivity index (χ4v) is 5.43. The molecule has 5 rings (SSSR count). The first kappa shape index (κ1) is 24.1. The largest absolute Gasteiger partial charge is 0.495 e. The molecule has 1 aliphatic carbocycles. The van der Waals surface area contributed by atoms with Gasteiger partial charge in [0.1, 0.15) is 11.5 Å². The minimum Gasteiger partial charge on any atom is -0.495 e. The molecule has 0 N–H and O–H groups in total. The van der Waals surface area contributed by atoms with E-state index in [4.69, 9.17) is 21.1 Å². The molecule has 2 heterocycles. The van der Waals surface area contributed by atoms with Crippen molar-refractivity contribution in [3.05, 3.63) is 59.6 Å². The predicted octanol–water partition coefficient (Wildman–Crippen LogP) is 4.01. The van der Waals surface area contributed by atoms with Gasteiger partial charge in [-0.1, -0.05) is 36.7 Å². The Morgan fingerprint density at radius 1 is 1.08 bits per heavy atom. The molecular weight excluding hydrogens is 484 g/mol. The van der Waals surface area contributed by atoms with E-state index < -0.39 is 11.9 Å². The van der Waals surface area contributed by atoms with Gasteiger partial charge in [-0.15, -0.1) is 0 Å². The van der Waals surface area contributed by atoms with E-state index in [2.05, 4.69) is 0 Å². The molecule has 0 spiro atoms. The number of amides is 3. The highest BCUT2D eigenvalue weighted by Crippen LogP contribution is 2.41. The summed E-state index contributed by atoms with van der Waals surface area (Å²) in [6, 6.07) is 11.3. The second kappa shape index (κ2) is 9.43. The molecule has 2 saturated heterocycles. The Morgan fingerprint density at radius 3 is 2.64 bits per heavy atom. The van der Waals surface area contributed by atoms with Gasteiger partial charge in [-0.25, -0.2) is 4.90 Å². The number of ether oxygens (including phenoxy) is 2. The van der Waals surface area contributed by atoms with Crippen molar-refractivity contribution in [2.75, 3.05) is 23.5 Å². The average Bonchev–Trinajstić information content (AvgIpc) is 3.37. The van der Waals surface area contributed by atoms with Crippen LogP contribution in [0.1, 0.15) is 19.8 Å². The number of allylic oxidation sites excluding steroid dienone is 2. The molecule has 3 amide bonds. The predicted molar refractivity (Wildman–Crippen MR) is 133 cm³/mol. The van der Waals surface area contributed by atoms with Crippen LogP contribution in [0, 0.1) is 23.7 Å². The Bertz CT molecular complexity index is 1290. The van der Waals surface area contributed by atoms with Gasteiger partial charge in [0, 0.05) is 24.1 Å². The maximum Gasteiger partial charge on any atom is 0.316 e. The van der Waals surface area contributed by atoms with E-state index in [0.29, 0.717) is 28.6 Å². The molecule has 0 radical (unpaired) electrons. The molecule has 2 aliphatic heterocycles. The molecule has 3 aliphatic rings. The number of esters is 1. The highest BCUT2D eigenvalue weighted by atomic mass is 35.5. The highest BCUT2D eigenvalue weighted by Gasteiger charge is 2.50. The Morgan fingerprint density at radius 2 is 1.89 bits per heavy atom. The van der Waals surface area contributed by atoms with E-state index in [1.165, 1.54) is 23.0 Å². The summed E-state index contributed by atoms with van der Waals surface area (Å²) in [7, 11) is 1.49. The van der Waals surface area contributed by atoms with Crippen molar-refractivity contribution in [2.24, 2.45) is 23.7 Å². The van der Waals surface area contributed by atoms with Gasteiger partial charge in [0.15, 0.2) is 0 Å². The van der Waals surface area contributed by atoms with Gasteiger partial charge in [0.25, 0.3) is 0 Å². The third-order valence-electron chi connectivity index (χ3n) is 7.06. The maximum absolute atomic E-state index is 13.1. The summed E-state index contributed by atoms with van der Waals surface area (Å²) in [6.45, 7) is 2.05. The third-order valence-corrected chi connectivity index (χ3v) is 7.29. The fourth-order valence-electron chi connectivity index (χ4n) is 5.26. The van der Waals surface area contributed by atoms with Crippen LogP contribution in [0.15, 0.2) is 54.6 Å². The number of hydrogen-bond acceptors (Lipinski definition) is 6. The number of imide groups is 1. The van der Waals surface area contributed by atoms with Crippen molar-refractivity contribution >= 4 is 46.7 Å². The Kier molecular flexibility index (Phi) is 6.30. The Hall–Kier alpha value is -3.65. The van der Waals surface area contributed by atoms with Crippen molar-refractivity contribution < 1.29 is 28.7 Å². The van der Waals surface area contributed by atoms with Gasteiger partial charge in [-0.2, -0.15) is 0 Å². The smallest absolute Gasteiger partial charge is 0.316 e. The number of carbonyl (C=O) groups is 4. The van der Waals surface area contributed by atoms with Crippen molar-refractivity contribution in [1.29, 1.82) is 0 Å². The van der Waals surface area contributed by atoms with Gasteiger partial charge in [0.2, 0.25) is 17.7 Å². The molecule has 2 fully saturated rings. The topological polar surface area (TPSA) is 93.2 Å². The van der Waals surface area contributed by atoms with Gasteiger partial charge >= 0.3 is 5.97 Å². The molecule has 4 atom stereocenters. The average molecular weight is 509 g/mol. The number of nitrogens with zero attached hydrogens (tertiary/aromatic N) is 2. The molecule has 186 valence electrons. The Labute approximate surface area is 213 Å². The number of anilines is 2. The van der Waals surface area contributed by atoms with Crippen molar-refractivity contribution in [3.63, 3.8) is 0 Å². The summed E-state index contributed by atoms with van der Waals surface area (Å²) in [5, 5.41) is 0.442. The van der Waals surface area contributed by atoms with Crippen LogP contribution < -0.4 is 19.3 Å². The first-order valence-electron chi connectivity index (χ1n) is 11.8. The zero-order chi connectivity index (χ0) is 25.6. The summed E-state index contributed by atoms with van der Waals surface area (Å²) in [6.07, 6.45) is 4.43. The SMILES string of the molecule is COc1ccc(Cl)cc1N1C[C@H](C(=O)Oc2cccc(N3C(=O)[C@H]4[C@H](C)C=CC[C@H]4C3=O)c2)CC1=O. The van der Waals surface area contributed by atoms with E-state index in [0.717, 1.165) is 0 Å². The van der Waals surface area contributed by atoms with Crippen LogP contribution in [0.2, 0.25) is 5.02 Å². The molecule has 0 aromatic heterocycles. The number of hydrogen-bond donors (Lipinski definition) is 0. The first-order chi connectivity index (χ1) is 17.3. The summed E-state index contributed by atoms with van der Waals surface area (Å²) in [4.78, 5) is 54.4. The van der Waals surface area contributed by atoms with Gasteiger partial charge in [-0.05, 0) is 42.7 Å². The van der Waals surface area contributed by atoms with Crippen LogP contribution in [0.3, 0.4) is 0 Å². The lowest BCUT2D eigenvalue weighted by Gasteiger charge is -2.22. The fraction of sp³-hybridized carbons (Fsp3) is 0.333. The number of fused-ring (bicyclic) bond motifs is 1. The van der Waals surface area contributed by atoms with Crippen molar-refractivity contribution in [2.45, 2.75) is 19.8 Å². The normalized spacial score (nSPS) is 25.4. The number of carbonyl (C=O) groups excluding carboxylic acids is 4. The van der Waals surface area contributed by atoms with Gasteiger partial charge < -0.3 is 14.4 Å². The number of benzene rings is 2. The van der Waals surface area contributed by atoms with E-state index in [1.54, 1.807) is 36.4 Å². The lowest BCUT2D eigenvalue weighted by molar-refractivity contribution is -0.139. The summed E-state index contributed by atoms with van der Waals surface area (Å²) in [5.41, 5.74) is 0.855. The van der Waals surface area contributed by atoms with Crippen LogP contribution in [0.5, 0.6) is 11.5 Å². The monoisotopic (exact) mass is 508 g/mol. The minimum atomic E-state index is -0.699. The number of rotatable bonds is 5. The molecule has 36 heavy (non-hydrogen) atoms. The Balaban J connectivity index is 1.31. The first-order valence-corrected chi connectivity index (χ1v) is 12.2. The van der Waals surface area contributed by atoms with Gasteiger partial charge in [0.05, 0.1) is 36.2 Å². The maximum atomic E-state index is 13.1. The molecule has 2 aromatic carbocycles. The molecule has 0 saturated carbocycles. The number of methoxy groups -OCH3 is 1. The van der Waals surface area contributed by atoms with Crippen molar-refractivity contribution in [1.82, 2.24) is 0 Å². The molecule has 2 aromatic rings. The lowest BCUT2D eigenvalue weighted by Crippen LogP contribution is -2.31. The van der Waals surface area contributed by atoms with Crippen LogP contribution in [-0.4, -0.2) is 37.3 Å². The third kappa shape index (κ3) is 4.15. The standard InChI is InChI=1S/C27H25ClN2O6/c1-15-5-3-8-20-24(15)26(33)30(25(20)32)18-6-4-7-19(13-18)36-27(34)16-11-23(31)29(14-16)21-12-17(28)9-10-22(21)35-2/h3-7,9-10,12-13,15-16,20,24H,8,11,14H2,1-2H3/t15-,16-,20-,24+/m1/s1. The number of halogens is 1. The van der Waals surface area contributed by atoms with Crippen LogP contribution in [0.25, 0.3) is 0 Å². The zero-order valence-corrected chi connectivity index (χ0v) is 20.6. The lowest BCUT2D eigenvalue weighted by atomic mass is 9.78. The summed E-state index contributed by atoms with van der Waals surface area (Å²) in [5.74, 6) is -2.10.